The van der Waals surface area contributed by atoms with Crippen LogP contribution in [-0.4, -0.2) is 48.3 Å². The molecule has 2 N–H and O–H groups in total. The number of hydrogen-bond donors (Lipinski definition) is 2. The molecule has 3 rings (SSSR count). The van der Waals surface area contributed by atoms with Gasteiger partial charge in [-0.05, 0) is 11.1 Å². The molecule has 5 nitrogen and oxygen atoms in total. The SMILES string of the molecule is O=C(N[C@H](CO)c1ccccc1)C1CN(Cc2ccccc2)CCO1. The maximum atomic E-state index is 12.6. The third-order valence-electron chi connectivity index (χ3n) is 4.39. The Bertz CT molecular complexity index is 663. The lowest BCUT2D eigenvalue weighted by molar-refractivity contribution is -0.139. The highest BCUT2D eigenvalue weighted by Gasteiger charge is 2.28. The van der Waals surface area contributed by atoms with Gasteiger partial charge >= 0.3 is 0 Å². The Hall–Kier alpha value is -2.21. The summed E-state index contributed by atoms with van der Waals surface area (Å²) in [6.07, 6.45) is -0.518. The van der Waals surface area contributed by atoms with Gasteiger partial charge in [0.05, 0.1) is 19.3 Å². The van der Waals surface area contributed by atoms with Crippen molar-refractivity contribution in [1.29, 1.82) is 0 Å². The van der Waals surface area contributed by atoms with Crippen LogP contribution in [0.4, 0.5) is 0 Å². The Morgan fingerprint density at radius 3 is 2.52 bits per heavy atom. The number of nitrogens with zero attached hydrogens (tertiary/aromatic N) is 1. The van der Waals surface area contributed by atoms with E-state index >= 15 is 0 Å². The summed E-state index contributed by atoms with van der Waals surface area (Å²) in [7, 11) is 0. The van der Waals surface area contributed by atoms with E-state index in [9.17, 15) is 9.90 Å². The van der Waals surface area contributed by atoms with Crippen molar-refractivity contribution in [3.8, 4) is 0 Å². The van der Waals surface area contributed by atoms with Crippen molar-refractivity contribution in [1.82, 2.24) is 10.2 Å². The molecule has 132 valence electrons. The van der Waals surface area contributed by atoms with Gasteiger partial charge in [0, 0.05) is 19.6 Å². The Morgan fingerprint density at radius 2 is 1.84 bits per heavy atom. The van der Waals surface area contributed by atoms with E-state index in [-0.39, 0.29) is 12.5 Å². The molecule has 0 saturated carbocycles. The lowest BCUT2D eigenvalue weighted by atomic mass is 10.1. The number of rotatable bonds is 6. The monoisotopic (exact) mass is 340 g/mol. The number of nitrogens with one attached hydrogen (secondary N) is 1. The first-order chi connectivity index (χ1) is 12.3. The lowest BCUT2D eigenvalue weighted by Gasteiger charge is -2.33. The number of ether oxygens (including phenoxy) is 1. The molecule has 2 aromatic rings. The molecular weight excluding hydrogens is 316 g/mol. The summed E-state index contributed by atoms with van der Waals surface area (Å²) in [5.74, 6) is -0.180. The van der Waals surface area contributed by atoms with Crippen molar-refractivity contribution in [3.05, 3.63) is 71.8 Å². The van der Waals surface area contributed by atoms with E-state index in [4.69, 9.17) is 4.74 Å². The summed E-state index contributed by atoms with van der Waals surface area (Å²) in [6.45, 7) is 2.54. The molecule has 25 heavy (non-hydrogen) atoms. The minimum atomic E-state index is -0.518. The molecule has 2 atom stereocenters. The highest BCUT2D eigenvalue weighted by Crippen LogP contribution is 2.14. The van der Waals surface area contributed by atoms with Crippen molar-refractivity contribution in [2.75, 3.05) is 26.3 Å². The molecule has 0 bridgehead atoms. The van der Waals surface area contributed by atoms with Gasteiger partial charge in [-0.3, -0.25) is 9.69 Å². The minimum absolute atomic E-state index is 0.143. The van der Waals surface area contributed by atoms with Crippen LogP contribution in [0.3, 0.4) is 0 Å². The highest BCUT2D eigenvalue weighted by molar-refractivity contribution is 5.81. The zero-order valence-corrected chi connectivity index (χ0v) is 14.2. The molecule has 0 aromatic heterocycles. The molecule has 1 aliphatic heterocycles. The second-order valence-electron chi connectivity index (χ2n) is 6.23. The maximum Gasteiger partial charge on any atom is 0.251 e. The molecule has 1 saturated heterocycles. The van der Waals surface area contributed by atoms with Gasteiger partial charge in [-0.2, -0.15) is 0 Å². The molecule has 1 aliphatic rings. The minimum Gasteiger partial charge on any atom is -0.394 e. The van der Waals surface area contributed by atoms with Gasteiger partial charge in [-0.1, -0.05) is 60.7 Å². The molecule has 1 amide bonds. The Balaban J connectivity index is 1.58. The molecule has 5 heteroatoms. The van der Waals surface area contributed by atoms with Crippen LogP contribution in [0.2, 0.25) is 0 Å². The van der Waals surface area contributed by atoms with Crippen LogP contribution in [0, 0.1) is 0 Å². The van der Waals surface area contributed by atoms with E-state index < -0.39 is 12.1 Å². The van der Waals surface area contributed by atoms with Crippen LogP contribution >= 0.6 is 0 Å². The second-order valence-corrected chi connectivity index (χ2v) is 6.23. The van der Waals surface area contributed by atoms with Crippen LogP contribution in [0.15, 0.2) is 60.7 Å². The van der Waals surface area contributed by atoms with Gasteiger partial charge in [-0.25, -0.2) is 0 Å². The quantitative estimate of drug-likeness (QED) is 0.841. The average Bonchev–Trinajstić information content (AvgIpc) is 2.67. The van der Waals surface area contributed by atoms with E-state index in [0.717, 1.165) is 18.7 Å². The highest BCUT2D eigenvalue weighted by atomic mass is 16.5. The third-order valence-corrected chi connectivity index (χ3v) is 4.39. The van der Waals surface area contributed by atoms with Crippen molar-refractivity contribution in [2.24, 2.45) is 0 Å². The summed E-state index contributed by atoms with van der Waals surface area (Å²) < 4.78 is 5.65. The number of morpholine rings is 1. The normalized spacial score (nSPS) is 19.3. The fourth-order valence-electron chi connectivity index (χ4n) is 3.03. The van der Waals surface area contributed by atoms with E-state index in [1.807, 2.05) is 48.5 Å². The summed E-state index contributed by atoms with van der Waals surface area (Å²) in [6, 6.07) is 19.3. The molecule has 2 aromatic carbocycles. The van der Waals surface area contributed by atoms with Crippen molar-refractivity contribution >= 4 is 5.91 Å². The van der Waals surface area contributed by atoms with Crippen LogP contribution in [-0.2, 0) is 16.1 Å². The number of hydrogen-bond acceptors (Lipinski definition) is 4. The van der Waals surface area contributed by atoms with E-state index in [2.05, 4.69) is 22.3 Å². The molecule has 0 spiro atoms. The molecular formula is C20H24N2O3. The molecule has 0 aliphatic carbocycles. The average molecular weight is 340 g/mol. The van der Waals surface area contributed by atoms with Crippen molar-refractivity contribution in [2.45, 2.75) is 18.7 Å². The van der Waals surface area contributed by atoms with Crippen LogP contribution in [0.25, 0.3) is 0 Å². The van der Waals surface area contributed by atoms with E-state index in [1.165, 1.54) is 5.56 Å². The maximum absolute atomic E-state index is 12.6. The lowest BCUT2D eigenvalue weighted by Crippen LogP contribution is -2.50. The van der Waals surface area contributed by atoms with Crippen LogP contribution in [0.5, 0.6) is 0 Å². The first kappa shape index (κ1) is 17.6. The third kappa shape index (κ3) is 4.89. The topological polar surface area (TPSA) is 61.8 Å². The number of aliphatic hydroxyl groups is 1. The number of aliphatic hydroxyl groups excluding tert-OH is 1. The molecule has 1 unspecified atom stereocenters. The zero-order chi connectivity index (χ0) is 17.5. The van der Waals surface area contributed by atoms with E-state index in [1.54, 1.807) is 0 Å². The van der Waals surface area contributed by atoms with Crippen LogP contribution < -0.4 is 5.32 Å². The van der Waals surface area contributed by atoms with Gasteiger partial charge in [0.25, 0.3) is 5.91 Å². The van der Waals surface area contributed by atoms with Crippen molar-refractivity contribution in [3.63, 3.8) is 0 Å². The number of carbonyl (C=O) groups excluding carboxylic acids is 1. The molecule has 1 fully saturated rings. The number of amides is 1. The van der Waals surface area contributed by atoms with Gasteiger partial charge in [0.15, 0.2) is 0 Å². The van der Waals surface area contributed by atoms with E-state index in [0.29, 0.717) is 13.2 Å². The predicted molar refractivity (Wildman–Crippen MR) is 95.9 cm³/mol. The summed E-state index contributed by atoms with van der Waals surface area (Å²) in [4.78, 5) is 14.8. The Morgan fingerprint density at radius 1 is 1.16 bits per heavy atom. The molecule has 1 heterocycles. The van der Waals surface area contributed by atoms with Gasteiger partial charge in [-0.15, -0.1) is 0 Å². The Kier molecular flexibility index (Phi) is 6.17. The summed E-state index contributed by atoms with van der Waals surface area (Å²) in [5.41, 5.74) is 2.11. The van der Waals surface area contributed by atoms with Gasteiger partial charge in [0.2, 0.25) is 0 Å². The fourth-order valence-corrected chi connectivity index (χ4v) is 3.03. The standard InChI is InChI=1S/C20H24N2O3/c23-15-18(17-9-5-2-6-10-17)21-20(24)19-14-22(11-12-25-19)13-16-7-3-1-4-8-16/h1-10,18-19,23H,11-15H2,(H,21,24)/t18-,19?/m1/s1. The predicted octanol–water partition coefficient (Wildman–Crippen LogP) is 1.74. The number of benzene rings is 2. The van der Waals surface area contributed by atoms with Crippen molar-refractivity contribution < 1.29 is 14.6 Å². The van der Waals surface area contributed by atoms with Gasteiger partial charge in [0.1, 0.15) is 6.10 Å². The number of carbonyl (C=O) groups is 1. The second kappa shape index (κ2) is 8.76. The largest absolute Gasteiger partial charge is 0.394 e. The summed E-state index contributed by atoms with van der Waals surface area (Å²) >= 11 is 0. The smallest absolute Gasteiger partial charge is 0.251 e. The Labute approximate surface area is 148 Å². The first-order valence-corrected chi connectivity index (χ1v) is 8.60. The first-order valence-electron chi connectivity index (χ1n) is 8.60. The van der Waals surface area contributed by atoms with Gasteiger partial charge < -0.3 is 15.2 Å². The zero-order valence-electron chi connectivity index (χ0n) is 14.2. The van der Waals surface area contributed by atoms with Crippen LogP contribution in [0.1, 0.15) is 17.2 Å². The summed E-state index contributed by atoms with van der Waals surface area (Å²) in [5, 5.41) is 12.5. The molecule has 0 radical (unpaired) electrons. The fraction of sp³-hybridized carbons (Fsp3) is 0.350.